The molecule has 0 spiro atoms. The molecule has 0 aromatic carbocycles. The molecule has 2 nitrogen and oxygen atoms in total. The Morgan fingerprint density at radius 1 is 1.50 bits per heavy atom. The van der Waals surface area contributed by atoms with Gasteiger partial charge in [0, 0.05) is 20.2 Å². The minimum atomic E-state index is 0.454. The summed E-state index contributed by atoms with van der Waals surface area (Å²) < 4.78 is 5.16. The number of nitrogens with one attached hydrogen (secondary N) is 1. The first-order chi connectivity index (χ1) is 3.84. The van der Waals surface area contributed by atoms with Gasteiger partial charge in [-0.3, -0.25) is 0 Å². The molecular formula is C6H13NO. The van der Waals surface area contributed by atoms with Gasteiger partial charge in [0.15, 0.2) is 0 Å². The molecule has 0 aliphatic carbocycles. The van der Waals surface area contributed by atoms with E-state index in [1.807, 2.05) is 0 Å². The van der Waals surface area contributed by atoms with E-state index < -0.39 is 0 Å². The zero-order chi connectivity index (χ0) is 5.98. The highest BCUT2D eigenvalue weighted by atomic mass is 16.5. The summed E-state index contributed by atoms with van der Waals surface area (Å²) in [5.74, 6) is 0.694. The zero-order valence-electron chi connectivity index (χ0n) is 5.48. The number of methoxy groups -OCH3 is 1. The van der Waals surface area contributed by atoms with Gasteiger partial charge in [0.2, 0.25) is 0 Å². The van der Waals surface area contributed by atoms with Crippen LogP contribution in [0, 0.1) is 5.92 Å². The van der Waals surface area contributed by atoms with Crippen molar-refractivity contribution >= 4 is 0 Å². The van der Waals surface area contributed by atoms with Crippen LogP contribution in [0.2, 0.25) is 0 Å². The molecular weight excluding hydrogens is 102 g/mol. The highest BCUT2D eigenvalue weighted by Gasteiger charge is 2.21. The lowest BCUT2D eigenvalue weighted by atomic mass is 10.1. The SMILES string of the molecule is COC1CNC[C@@H]1C. The maximum absolute atomic E-state index is 5.16. The van der Waals surface area contributed by atoms with Crippen LogP contribution in [0.3, 0.4) is 0 Å². The second-order valence-electron chi connectivity index (χ2n) is 2.41. The number of ether oxygens (including phenoxy) is 1. The third-order valence-corrected chi connectivity index (χ3v) is 1.75. The van der Waals surface area contributed by atoms with Crippen LogP contribution in [0.5, 0.6) is 0 Å². The van der Waals surface area contributed by atoms with E-state index in [1.165, 1.54) is 0 Å². The first-order valence-electron chi connectivity index (χ1n) is 3.08. The fourth-order valence-corrected chi connectivity index (χ4v) is 1.10. The predicted octanol–water partition coefficient (Wildman–Crippen LogP) is 0.241. The number of rotatable bonds is 1. The van der Waals surface area contributed by atoms with Crippen molar-refractivity contribution < 1.29 is 4.74 Å². The summed E-state index contributed by atoms with van der Waals surface area (Å²) in [6, 6.07) is 0. The summed E-state index contributed by atoms with van der Waals surface area (Å²) in [7, 11) is 1.77. The lowest BCUT2D eigenvalue weighted by molar-refractivity contribution is 0.0892. The lowest BCUT2D eigenvalue weighted by Crippen LogP contribution is -2.18. The minimum absolute atomic E-state index is 0.454. The molecule has 1 rings (SSSR count). The fraction of sp³-hybridized carbons (Fsp3) is 1.00. The molecule has 2 heteroatoms. The third-order valence-electron chi connectivity index (χ3n) is 1.75. The Morgan fingerprint density at radius 3 is 2.50 bits per heavy atom. The van der Waals surface area contributed by atoms with Gasteiger partial charge < -0.3 is 10.1 Å². The van der Waals surface area contributed by atoms with Crippen LogP contribution >= 0.6 is 0 Å². The fourth-order valence-electron chi connectivity index (χ4n) is 1.10. The van der Waals surface area contributed by atoms with Gasteiger partial charge in [-0.15, -0.1) is 0 Å². The molecule has 0 bridgehead atoms. The molecule has 0 radical (unpaired) electrons. The van der Waals surface area contributed by atoms with Crippen LogP contribution in [0.15, 0.2) is 0 Å². The molecule has 1 aliphatic heterocycles. The molecule has 1 fully saturated rings. The van der Waals surface area contributed by atoms with Gasteiger partial charge >= 0.3 is 0 Å². The minimum Gasteiger partial charge on any atom is -0.380 e. The smallest absolute Gasteiger partial charge is 0.0733 e. The molecule has 1 heterocycles. The van der Waals surface area contributed by atoms with Crippen molar-refractivity contribution in [1.29, 1.82) is 0 Å². The molecule has 0 aromatic heterocycles. The standard InChI is InChI=1S/C6H13NO/c1-5-3-7-4-6(5)8-2/h5-7H,3-4H2,1-2H3/t5-,6?/m0/s1. The Balaban J connectivity index is 2.30. The van der Waals surface area contributed by atoms with E-state index in [0.717, 1.165) is 13.1 Å². The van der Waals surface area contributed by atoms with Crippen molar-refractivity contribution in [3.8, 4) is 0 Å². The van der Waals surface area contributed by atoms with Crippen molar-refractivity contribution in [3.63, 3.8) is 0 Å². The van der Waals surface area contributed by atoms with Crippen LogP contribution in [0.4, 0.5) is 0 Å². The molecule has 0 saturated carbocycles. The molecule has 1 N–H and O–H groups in total. The lowest BCUT2D eigenvalue weighted by Gasteiger charge is -2.09. The van der Waals surface area contributed by atoms with Gasteiger partial charge in [-0.05, 0) is 5.92 Å². The van der Waals surface area contributed by atoms with Gasteiger partial charge in [-0.1, -0.05) is 6.92 Å². The molecule has 1 aliphatic rings. The average molecular weight is 115 g/mol. The van der Waals surface area contributed by atoms with Crippen molar-refractivity contribution in [1.82, 2.24) is 5.32 Å². The molecule has 2 atom stereocenters. The van der Waals surface area contributed by atoms with Crippen molar-refractivity contribution in [3.05, 3.63) is 0 Å². The summed E-state index contributed by atoms with van der Waals surface area (Å²) >= 11 is 0. The second kappa shape index (κ2) is 2.46. The van der Waals surface area contributed by atoms with Crippen LogP contribution in [0.1, 0.15) is 6.92 Å². The van der Waals surface area contributed by atoms with E-state index in [1.54, 1.807) is 7.11 Å². The summed E-state index contributed by atoms with van der Waals surface area (Å²) in [5, 5.41) is 3.25. The van der Waals surface area contributed by atoms with Crippen molar-refractivity contribution in [2.45, 2.75) is 13.0 Å². The Kier molecular flexibility index (Phi) is 1.86. The molecule has 1 unspecified atom stereocenters. The summed E-state index contributed by atoms with van der Waals surface area (Å²) in [6.45, 7) is 4.34. The van der Waals surface area contributed by atoms with Crippen molar-refractivity contribution in [2.75, 3.05) is 20.2 Å². The Bertz CT molecular complexity index is 74.9. The van der Waals surface area contributed by atoms with Gasteiger partial charge in [0.25, 0.3) is 0 Å². The van der Waals surface area contributed by atoms with Crippen LogP contribution < -0.4 is 5.32 Å². The zero-order valence-corrected chi connectivity index (χ0v) is 5.48. The van der Waals surface area contributed by atoms with Gasteiger partial charge in [0.1, 0.15) is 0 Å². The van der Waals surface area contributed by atoms with E-state index in [2.05, 4.69) is 12.2 Å². The normalized spacial score (nSPS) is 38.2. The number of hydrogen-bond acceptors (Lipinski definition) is 2. The quantitative estimate of drug-likeness (QED) is 0.528. The highest BCUT2D eigenvalue weighted by molar-refractivity contribution is 4.77. The molecule has 1 saturated heterocycles. The highest BCUT2D eigenvalue weighted by Crippen LogP contribution is 2.09. The van der Waals surface area contributed by atoms with E-state index in [4.69, 9.17) is 4.74 Å². The molecule has 8 heavy (non-hydrogen) atoms. The van der Waals surface area contributed by atoms with Gasteiger partial charge in [-0.25, -0.2) is 0 Å². The number of hydrogen-bond donors (Lipinski definition) is 1. The molecule has 48 valence electrons. The summed E-state index contributed by atoms with van der Waals surface area (Å²) in [6.07, 6.45) is 0.454. The van der Waals surface area contributed by atoms with E-state index in [-0.39, 0.29) is 0 Å². The Labute approximate surface area is 50.2 Å². The third kappa shape index (κ3) is 1.01. The largest absolute Gasteiger partial charge is 0.380 e. The van der Waals surface area contributed by atoms with E-state index >= 15 is 0 Å². The average Bonchev–Trinajstić information content (AvgIpc) is 2.14. The Hall–Kier alpha value is -0.0800. The molecule has 0 aromatic rings. The monoisotopic (exact) mass is 115 g/mol. The maximum Gasteiger partial charge on any atom is 0.0733 e. The first-order valence-corrected chi connectivity index (χ1v) is 3.08. The Morgan fingerprint density at radius 2 is 2.25 bits per heavy atom. The predicted molar refractivity (Wildman–Crippen MR) is 32.8 cm³/mol. The van der Waals surface area contributed by atoms with Crippen LogP contribution in [-0.2, 0) is 4.74 Å². The van der Waals surface area contributed by atoms with E-state index in [9.17, 15) is 0 Å². The van der Waals surface area contributed by atoms with Crippen LogP contribution in [0.25, 0.3) is 0 Å². The second-order valence-corrected chi connectivity index (χ2v) is 2.41. The van der Waals surface area contributed by atoms with Gasteiger partial charge in [-0.2, -0.15) is 0 Å². The molecule has 0 amide bonds. The topological polar surface area (TPSA) is 21.3 Å². The summed E-state index contributed by atoms with van der Waals surface area (Å²) in [4.78, 5) is 0. The van der Waals surface area contributed by atoms with Gasteiger partial charge in [0.05, 0.1) is 6.10 Å². The maximum atomic E-state index is 5.16. The van der Waals surface area contributed by atoms with Crippen LogP contribution in [-0.4, -0.2) is 26.3 Å². The first kappa shape index (κ1) is 6.05. The summed E-state index contributed by atoms with van der Waals surface area (Å²) in [5.41, 5.74) is 0. The van der Waals surface area contributed by atoms with Crippen molar-refractivity contribution in [2.24, 2.45) is 5.92 Å². The van der Waals surface area contributed by atoms with E-state index in [0.29, 0.717) is 12.0 Å².